The molecule has 0 spiro atoms. The van der Waals surface area contributed by atoms with Crippen molar-refractivity contribution in [3.63, 3.8) is 0 Å². The molecule has 0 unspecified atom stereocenters. The van der Waals surface area contributed by atoms with E-state index >= 15 is 0 Å². The van der Waals surface area contributed by atoms with Crippen LogP contribution in [0.15, 0.2) is 51.1 Å². The van der Waals surface area contributed by atoms with Crippen molar-refractivity contribution in [2.75, 3.05) is 5.75 Å². The van der Waals surface area contributed by atoms with Gasteiger partial charge in [-0.3, -0.25) is 4.79 Å². The Morgan fingerprint density at radius 3 is 3.05 bits per heavy atom. The zero-order chi connectivity index (χ0) is 15.4. The number of hydrogen-bond donors (Lipinski definition) is 1. The molecule has 7 heteroatoms. The number of amides is 1. The highest BCUT2D eigenvalue weighted by Crippen LogP contribution is 2.22. The highest BCUT2D eigenvalue weighted by atomic mass is 32.2. The monoisotopic (exact) mass is 331 g/mol. The van der Waals surface area contributed by atoms with Crippen LogP contribution in [0.5, 0.6) is 0 Å². The second-order valence-corrected chi connectivity index (χ2v) is 6.72. The number of nitrogens with one attached hydrogen (secondary N) is 1. The van der Waals surface area contributed by atoms with Gasteiger partial charge in [-0.1, -0.05) is 23.9 Å². The van der Waals surface area contributed by atoms with E-state index in [1.807, 2.05) is 43.3 Å². The molecule has 1 N–H and O–H groups in total. The van der Waals surface area contributed by atoms with E-state index in [2.05, 4.69) is 15.5 Å². The predicted molar refractivity (Wildman–Crippen MR) is 89.5 cm³/mol. The quantitative estimate of drug-likeness (QED) is 0.442. The Bertz CT molecular complexity index is 790. The number of para-hydroxylation sites is 2. The van der Waals surface area contributed by atoms with Crippen LogP contribution in [0.4, 0.5) is 0 Å². The summed E-state index contributed by atoms with van der Waals surface area (Å²) in [5.41, 5.74) is 4.00. The van der Waals surface area contributed by atoms with Gasteiger partial charge in [-0.05, 0) is 31.2 Å². The number of benzene rings is 1. The third kappa shape index (κ3) is 3.75. The summed E-state index contributed by atoms with van der Waals surface area (Å²) >= 11 is 2.86. The Hall–Kier alpha value is -2.12. The number of rotatable bonds is 5. The van der Waals surface area contributed by atoms with Crippen LogP contribution in [-0.2, 0) is 4.79 Å². The number of thiophene rings is 1. The van der Waals surface area contributed by atoms with Crippen LogP contribution in [0, 0.1) is 6.92 Å². The molecule has 0 atom stereocenters. The second-order valence-electron chi connectivity index (χ2n) is 4.48. The first-order chi connectivity index (χ1) is 10.7. The summed E-state index contributed by atoms with van der Waals surface area (Å²) in [5, 5.41) is 4.41. The maximum absolute atomic E-state index is 11.7. The van der Waals surface area contributed by atoms with Gasteiger partial charge in [-0.2, -0.15) is 5.10 Å². The van der Waals surface area contributed by atoms with Crippen molar-refractivity contribution in [2.45, 2.75) is 12.1 Å². The lowest BCUT2D eigenvalue weighted by Crippen LogP contribution is -2.19. The van der Waals surface area contributed by atoms with Crippen LogP contribution in [0.3, 0.4) is 0 Å². The highest BCUT2D eigenvalue weighted by molar-refractivity contribution is 7.99. The molecule has 0 fully saturated rings. The molecule has 0 aliphatic heterocycles. The van der Waals surface area contributed by atoms with Crippen molar-refractivity contribution in [1.82, 2.24) is 10.4 Å². The lowest BCUT2D eigenvalue weighted by molar-refractivity contribution is -0.118. The van der Waals surface area contributed by atoms with Crippen molar-refractivity contribution < 1.29 is 9.21 Å². The average molecular weight is 331 g/mol. The molecule has 1 amide bonds. The van der Waals surface area contributed by atoms with E-state index in [1.54, 1.807) is 17.6 Å². The van der Waals surface area contributed by atoms with E-state index in [4.69, 9.17) is 4.42 Å². The molecule has 22 heavy (non-hydrogen) atoms. The number of aryl methyl sites for hydroxylation is 1. The van der Waals surface area contributed by atoms with E-state index in [0.717, 1.165) is 16.0 Å². The lowest BCUT2D eigenvalue weighted by Gasteiger charge is -1.96. The van der Waals surface area contributed by atoms with Crippen LogP contribution < -0.4 is 5.43 Å². The number of aromatic nitrogens is 1. The molecule has 0 radical (unpaired) electrons. The molecular formula is C15H13N3O2S2. The number of oxazole rings is 1. The largest absolute Gasteiger partial charge is 0.431 e. The normalized spacial score (nSPS) is 11.3. The molecular weight excluding hydrogens is 318 g/mol. The van der Waals surface area contributed by atoms with Crippen molar-refractivity contribution in [1.29, 1.82) is 0 Å². The summed E-state index contributed by atoms with van der Waals surface area (Å²) in [6, 6.07) is 11.5. The fraction of sp³-hybridized carbons (Fsp3) is 0.133. The van der Waals surface area contributed by atoms with E-state index in [0.29, 0.717) is 5.22 Å². The summed E-state index contributed by atoms with van der Waals surface area (Å²) in [7, 11) is 0. The highest BCUT2D eigenvalue weighted by Gasteiger charge is 2.08. The molecule has 2 aromatic heterocycles. The molecule has 0 bridgehead atoms. The van der Waals surface area contributed by atoms with Gasteiger partial charge in [0.25, 0.3) is 11.1 Å². The van der Waals surface area contributed by atoms with E-state index in [9.17, 15) is 4.79 Å². The Morgan fingerprint density at radius 2 is 2.27 bits per heavy atom. The van der Waals surface area contributed by atoms with Gasteiger partial charge in [0.1, 0.15) is 5.52 Å². The van der Waals surface area contributed by atoms with Gasteiger partial charge in [0.2, 0.25) is 0 Å². The van der Waals surface area contributed by atoms with Gasteiger partial charge < -0.3 is 4.42 Å². The zero-order valence-corrected chi connectivity index (χ0v) is 13.4. The van der Waals surface area contributed by atoms with Crippen LogP contribution in [0.2, 0.25) is 0 Å². The Kier molecular flexibility index (Phi) is 4.55. The molecule has 0 aliphatic rings. The van der Waals surface area contributed by atoms with Crippen molar-refractivity contribution >= 4 is 46.3 Å². The van der Waals surface area contributed by atoms with Gasteiger partial charge >= 0.3 is 0 Å². The maximum atomic E-state index is 11.7. The summed E-state index contributed by atoms with van der Waals surface area (Å²) in [6.45, 7) is 2.03. The summed E-state index contributed by atoms with van der Waals surface area (Å²) in [5.74, 6) is 0.00459. The fourth-order valence-corrected chi connectivity index (χ4v) is 3.14. The minimum absolute atomic E-state index is 0.197. The first-order valence-corrected chi connectivity index (χ1v) is 8.37. The van der Waals surface area contributed by atoms with Crippen molar-refractivity contribution in [3.8, 4) is 0 Å². The molecule has 0 saturated carbocycles. The fourth-order valence-electron chi connectivity index (χ4n) is 1.76. The number of nitrogens with zero attached hydrogens (tertiary/aromatic N) is 2. The van der Waals surface area contributed by atoms with Crippen LogP contribution >= 0.6 is 23.1 Å². The van der Waals surface area contributed by atoms with Crippen molar-refractivity contribution in [2.24, 2.45) is 5.10 Å². The van der Waals surface area contributed by atoms with Crippen LogP contribution in [0.1, 0.15) is 9.75 Å². The molecule has 3 rings (SSSR count). The smallest absolute Gasteiger partial charge is 0.257 e. The molecule has 3 aromatic rings. The number of thioether (sulfide) groups is 1. The second kappa shape index (κ2) is 6.76. The number of hydrazone groups is 1. The SMILES string of the molecule is Cc1ccc(C=NNC(=O)CSc2nc3ccccc3o2)s1. The van der Waals surface area contributed by atoms with E-state index in [-0.39, 0.29) is 11.7 Å². The van der Waals surface area contributed by atoms with Crippen LogP contribution in [0.25, 0.3) is 11.1 Å². The molecule has 0 aliphatic carbocycles. The van der Waals surface area contributed by atoms with E-state index < -0.39 is 0 Å². The maximum Gasteiger partial charge on any atom is 0.257 e. The van der Waals surface area contributed by atoms with Crippen molar-refractivity contribution in [3.05, 3.63) is 46.2 Å². The summed E-state index contributed by atoms with van der Waals surface area (Å²) < 4.78 is 5.53. The number of carbonyl (C=O) groups is 1. The van der Waals surface area contributed by atoms with Gasteiger partial charge in [-0.25, -0.2) is 10.4 Å². The van der Waals surface area contributed by atoms with Crippen LogP contribution in [-0.4, -0.2) is 22.9 Å². The molecule has 2 heterocycles. The average Bonchev–Trinajstić information content (AvgIpc) is 3.11. The minimum atomic E-state index is -0.197. The van der Waals surface area contributed by atoms with E-state index in [1.165, 1.54) is 16.6 Å². The Labute approximate surface area is 135 Å². The summed E-state index contributed by atoms with van der Waals surface area (Å²) in [4.78, 5) is 18.2. The number of carbonyl (C=O) groups excluding carboxylic acids is 1. The van der Waals surface area contributed by atoms with Gasteiger partial charge in [0.05, 0.1) is 12.0 Å². The Balaban J connectivity index is 1.50. The predicted octanol–water partition coefficient (Wildman–Crippen LogP) is 3.44. The molecule has 0 saturated heterocycles. The lowest BCUT2D eigenvalue weighted by atomic mass is 10.3. The summed E-state index contributed by atoms with van der Waals surface area (Å²) in [6.07, 6.45) is 1.64. The molecule has 112 valence electrons. The third-order valence-electron chi connectivity index (χ3n) is 2.74. The molecule has 1 aromatic carbocycles. The zero-order valence-electron chi connectivity index (χ0n) is 11.8. The Morgan fingerprint density at radius 1 is 1.41 bits per heavy atom. The third-order valence-corrected chi connectivity index (χ3v) is 4.51. The standard InChI is InChI=1S/C15H13N3O2S2/c1-10-6-7-11(22-10)8-16-18-14(19)9-21-15-17-12-4-2-3-5-13(12)20-15/h2-8H,9H2,1H3,(H,18,19). The first kappa shape index (κ1) is 14.8. The topological polar surface area (TPSA) is 67.5 Å². The first-order valence-electron chi connectivity index (χ1n) is 6.57. The minimum Gasteiger partial charge on any atom is -0.431 e. The van der Waals surface area contributed by atoms with Gasteiger partial charge in [0, 0.05) is 9.75 Å². The molecule has 5 nitrogen and oxygen atoms in total. The van der Waals surface area contributed by atoms with Gasteiger partial charge in [-0.15, -0.1) is 11.3 Å². The number of hydrogen-bond acceptors (Lipinski definition) is 6. The van der Waals surface area contributed by atoms with Gasteiger partial charge in [0.15, 0.2) is 5.58 Å². The number of fused-ring (bicyclic) bond motifs is 1.